The number of anilines is 1. The lowest BCUT2D eigenvalue weighted by Crippen LogP contribution is -2.35. The number of hydrogen-bond acceptors (Lipinski definition) is 4. The van der Waals surface area contributed by atoms with E-state index in [0.29, 0.717) is 6.04 Å². The van der Waals surface area contributed by atoms with E-state index in [2.05, 4.69) is 27.1 Å². The van der Waals surface area contributed by atoms with Crippen molar-refractivity contribution in [2.24, 2.45) is 0 Å². The number of rotatable bonds is 4. The van der Waals surface area contributed by atoms with Crippen LogP contribution >= 0.6 is 0 Å². The predicted molar refractivity (Wildman–Crippen MR) is 72.8 cm³/mol. The minimum Gasteiger partial charge on any atom is -0.368 e. The first-order valence-corrected chi connectivity index (χ1v) is 7.15. The molecule has 1 unspecified atom stereocenters. The van der Waals surface area contributed by atoms with E-state index in [-0.39, 0.29) is 0 Å². The second-order valence-electron chi connectivity index (χ2n) is 5.47. The van der Waals surface area contributed by atoms with Crippen LogP contribution in [-0.4, -0.2) is 40.5 Å². The highest BCUT2D eigenvalue weighted by Crippen LogP contribution is 2.25. The summed E-state index contributed by atoms with van der Waals surface area (Å²) < 4.78 is 0. The molecule has 0 spiro atoms. The first-order valence-electron chi connectivity index (χ1n) is 7.15. The fourth-order valence-corrected chi connectivity index (χ4v) is 3.07. The Morgan fingerprint density at radius 2 is 2.06 bits per heavy atom. The van der Waals surface area contributed by atoms with E-state index in [1.165, 1.54) is 43.6 Å². The van der Waals surface area contributed by atoms with E-state index < -0.39 is 0 Å². The molecule has 0 amide bonds. The van der Waals surface area contributed by atoms with Gasteiger partial charge in [-0.05, 0) is 52.1 Å². The number of hydrogen-bond donors (Lipinski definition) is 1. The van der Waals surface area contributed by atoms with E-state index >= 15 is 0 Å². The van der Waals surface area contributed by atoms with Crippen LogP contribution in [0.15, 0.2) is 6.33 Å². The Kier molecular flexibility index (Phi) is 3.46. The molecule has 0 aromatic carbocycles. The lowest BCUT2D eigenvalue weighted by Gasteiger charge is -2.24. The molecule has 18 heavy (non-hydrogen) atoms. The van der Waals surface area contributed by atoms with Crippen LogP contribution in [0.25, 0.3) is 0 Å². The number of aromatic nitrogens is 2. The molecule has 1 aliphatic carbocycles. The fraction of sp³-hybridized carbons (Fsp3) is 0.714. The van der Waals surface area contributed by atoms with Gasteiger partial charge in [0.2, 0.25) is 0 Å². The summed E-state index contributed by atoms with van der Waals surface area (Å²) in [5.41, 5.74) is 2.60. The maximum Gasteiger partial charge on any atom is 0.132 e. The molecule has 1 atom stereocenters. The van der Waals surface area contributed by atoms with Gasteiger partial charge in [-0.2, -0.15) is 0 Å². The maximum absolute atomic E-state index is 4.41. The van der Waals surface area contributed by atoms with Crippen LogP contribution in [0.4, 0.5) is 5.82 Å². The van der Waals surface area contributed by atoms with Gasteiger partial charge in [0.15, 0.2) is 0 Å². The van der Waals surface area contributed by atoms with Gasteiger partial charge in [0, 0.05) is 23.8 Å². The first kappa shape index (κ1) is 11.9. The second kappa shape index (κ2) is 5.22. The van der Waals surface area contributed by atoms with E-state index in [9.17, 15) is 0 Å². The Hall–Kier alpha value is -1.16. The van der Waals surface area contributed by atoms with E-state index in [1.54, 1.807) is 6.33 Å². The topological polar surface area (TPSA) is 41.1 Å². The molecule has 3 rings (SSSR count). The van der Waals surface area contributed by atoms with Crippen molar-refractivity contribution in [1.29, 1.82) is 0 Å². The fourth-order valence-electron chi connectivity index (χ4n) is 3.07. The van der Waals surface area contributed by atoms with Crippen LogP contribution in [0.5, 0.6) is 0 Å². The highest BCUT2D eigenvalue weighted by Gasteiger charge is 2.20. The third-order valence-electron chi connectivity index (χ3n) is 4.20. The molecule has 2 aliphatic rings. The third kappa shape index (κ3) is 2.34. The first-order chi connectivity index (χ1) is 8.84. The quantitative estimate of drug-likeness (QED) is 0.880. The van der Waals surface area contributed by atoms with Gasteiger partial charge in [0.05, 0.1) is 0 Å². The molecule has 1 aromatic heterocycles. The smallest absolute Gasteiger partial charge is 0.132 e. The van der Waals surface area contributed by atoms with E-state index in [4.69, 9.17) is 0 Å². The van der Waals surface area contributed by atoms with Gasteiger partial charge in [-0.25, -0.2) is 9.97 Å². The van der Waals surface area contributed by atoms with Gasteiger partial charge in [-0.3, -0.25) is 4.90 Å². The molecule has 1 fully saturated rings. The normalized spacial score (nSPS) is 20.9. The van der Waals surface area contributed by atoms with Gasteiger partial charge in [0.1, 0.15) is 12.1 Å². The zero-order chi connectivity index (χ0) is 12.4. The molecule has 1 N–H and O–H groups in total. The number of nitrogens with zero attached hydrogens (tertiary/aromatic N) is 3. The van der Waals surface area contributed by atoms with Crippen molar-refractivity contribution >= 4 is 5.82 Å². The lowest BCUT2D eigenvalue weighted by atomic mass is 10.2. The molecular weight excluding hydrogens is 224 g/mol. The van der Waals surface area contributed by atoms with Crippen molar-refractivity contribution < 1.29 is 0 Å². The standard InChI is InChI=1S/C14H22N4/c1-11(18-7-2-3-8-18)9-15-14-12-5-4-6-13(12)16-10-17-14/h10-11H,2-9H2,1H3,(H,15,16,17). The largest absolute Gasteiger partial charge is 0.368 e. The van der Waals surface area contributed by atoms with Crippen molar-refractivity contribution in [3.8, 4) is 0 Å². The highest BCUT2D eigenvalue weighted by atomic mass is 15.2. The zero-order valence-corrected chi connectivity index (χ0v) is 11.2. The minimum absolute atomic E-state index is 0.597. The van der Waals surface area contributed by atoms with Crippen molar-refractivity contribution in [2.45, 2.75) is 45.1 Å². The number of likely N-dealkylation sites (tertiary alicyclic amines) is 1. The van der Waals surface area contributed by atoms with Gasteiger partial charge >= 0.3 is 0 Å². The van der Waals surface area contributed by atoms with Crippen molar-refractivity contribution in [1.82, 2.24) is 14.9 Å². The predicted octanol–water partition coefficient (Wildman–Crippen LogP) is 1.86. The molecule has 98 valence electrons. The Bertz CT molecular complexity index is 412. The Morgan fingerprint density at radius 1 is 1.22 bits per heavy atom. The molecule has 1 aliphatic heterocycles. The van der Waals surface area contributed by atoms with Crippen LogP contribution in [0, 0.1) is 0 Å². The highest BCUT2D eigenvalue weighted by molar-refractivity contribution is 5.47. The SMILES string of the molecule is CC(CNc1ncnc2c1CCC2)N1CCCC1. The van der Waals surface area contributed by atoms with Crippen molar-refractivity contribution in [3.05, 3.63) is 17.6 Å². The molecule has 1 aromatic rings. The molecule has 4 heteroatoms. The lowest BCUT2D eigenvalue weighted by molar-refractivity contribution is 0.269. The molecule has 2 heterocycles. The van der Waals surface area contributed by atoms with Crippen LogP contribution in [0.3, 0.4) is 0 Å². The summed E-state index contributed by atoms with van der Waals surface area (Å²) in [6.07, 6.45) is 7.89. The van der Waals surface area contributed by atoms with Crippen molar-refractivity contribution in [3.63, 3.8) is 0 Å². The summed E-state index contributed by atoms with van der Waals surface area (Å²) in [7, 11) is 0. The molecule has 1 saturated heterocycles. The molecule has 0 saturated carbocycles. The average Bonchev–Trinajstić information content (AvgIpc) is 3.05. The van der Waals surface area contributed by atoms with Gasteiger partial charge < -0.3 is 5.32 Å². The minimum atomic E-state index is 0.597. The van der Waals surface area contributed by atoms with Gasteiger partial charge in [-0.15, -0.1) is 0 Å². The van der Waals surface area contributed by atoms with Crippen LogP contribution in [0.2, 0.25) is 0 Å². The summed E-state index contributed by atoms with van der Waals surface area (Å²) in [6, 6.07) is 0.597. The molecule has 4 nitrogen and oxygen atoms in total. The summed E-state index contributed by atoms with van der Waals surface area (Å²) in [4.78, 5) is 11.3. The maximum atomic E-state index is 4.41. The Balaban J connectivity index is 1.61. The average molecular weight is 246 g/mol. The summed E-state index contributed by atoms with van der Waals surface area (Å²) in [5.74, 6) is 1.07. The summed E-state index contributed by atoms with van der Waals surface area (Å²) in [6.45, 7) is 5.80. The van der Waals surface area contributed by atoms with E-state index in [0.717, 1.165) is 25.2 Å². The van der Waals surface area contributed by atoms with Crippen LogP contribution in [0.1, 0.15) is 37.4 Å². The van der Waals surface area contributed by atoms with Crippen molar-refractivity contribution in [2.75, 3.05) is 25.0 Å². The second-order valence-corrected chi connectivity index (χ2v) is 5.47. The van der Waals surface area contributed by atoms with Gasteiger partial charge in [-0.1, -0.05) is 0 Å². The van der Waals surface area contributed by atoms with E-state index in [1.807, 2.05) is 0 Å². The number of fused-ring (bicyclic) bond motifs is 1. The summed E-state index contributed by atoms with van der Waals surface area (Å²) in [5, 5.41) is 3.53. The summed E-state index contributed by atoms with van der Waals surface area (Å²) >= 11 is 0. The van der Waals surface area contributed by atoms with Crippen LogP contribution in [-0.2, 0) is 12.8 Å². The number of nitrogens with one attached hydrogen (secondary N) is 1. The van der Waals surface area contributed by atoms with Gasteiger partial charge in [0.25, 0.3) is 0 Å². The Morgan fingerprint density at radius 3 is 2.89 bits per heavy atom. The third-order valence-corrected chi connectivity index (χ3v) is 4.20. The van der Waals surface area contributed by atoms with Crippen LogP contribution < -0.4 is 5.32 Å². The molecular formula is C14H22N4. The molecule has 0 bridgehead atoms. The molecule has 0 radical (unpaired) electrons. The monoisotopic (exact) mass is 246 g/mol. The number of aryl methyl sites for hydroxylation is 1. The zero-order valence-electron chi connectivity index (χ0n) is 11.2. The Labute approximate surface area is 109 Å².